The van der Waals surface area contributed by atoms with Crippen LogP contribution in [-0.2, 0) is 0 Å². The molecule has 2 aliphatic carbocycles. The van der Waals surface area contributed by atoms with E-state index in [0.717, 1.165) is 49.9 Å². The molecule has 0 atom stereocenters. The van der Waals surface area contributed by atoms with E-state index in [1.165, 1.54) is 63.5 Å². The van der Waals surface area contributed by atoms with Gasteiger partial charge in [-0.3, -0.25) is 0 Å². The van der Waals surface area contributed by atoms with Crippen molar-refractivity contribution >= 4 is 0 Å². The van der Waals surface area contributed by atoms with Crippen molar-refractivity contribution < 1.29 is 13.2 Å². The van der Waals surface area contributed by atoms with Crippen LogP contribution in [0.2, 0.25) is 0 Å². The average Bonchev–Trinajstić information content (AvgIpc) is 2.74. The maximum absolute atomic E-state index is 13.5. The molecule has 3 heteroatoms. The third kappa shape index (κ3) is 6.62. The van der Waals surface area contributed by atoms with Gasteiger partial charge in [0.05, 0.1) is 0 Å². The molecular weight excluding hydrogens is 369 g/mol. The lowest BCUT2D eigenvalue weighted by molar-refractivity contribution is 0.225. The zero-order chi connectivity index (χ0) is 20.6. The molecule has 0 radical (unpaired) electrons. The Morgan fingerprint density at radius 2 is 1.21 bits per heavy atom. The van der Waals surface area contributed by atoms with Crippen LogP contribution in [0, 0.1) is 35.2 Å². The van der Waals surface area contributed by atoms with Crippen LogP contribution in [0.25, 0.3) is 0 Å². The molecule has 3 rings (SSSR count). The van der Waals surface area contributed by atoms with Gasteiger partial charge < -0.3 is 0 Å². The smallest absolute Gasteiger partial charge is 0.194 e. The molecule has 0 bridgehead atoms. The summed E-state index contributed by atoms with van der Waals surface area (Å²) in [5, 5.41) is 0. The number of hydrogen-bond acceptors (Lipinski definition) is 0. The van der Waals surface area contributed by atoms with Gasteiger partial charge in [-0.2, -0.15) is 0 Å². The van der Waals surface area contributed by atoms with Crippen molar-refractivity contribution in [1.29, 1.82) is 0 Å². The van der Waals surface area contributed by atoms with Gasteiger partial charge in [0.2, 0.25) is 0 Å². The van der Waals surface area contributed by atoms with E-state index in [-0.39, 0.29) is 5.92 Å². The SMILES string of the molecule is CCC=CCCC1CCC(CCC2CCC(c3cc(F)c(F)c(F)c3)CC2)CC1. The quantitative estimate of drug-likeness (QED) is 0.299. The van der Waals surface area contributed by atoms with Gasteiger partial charge in [-0.15, -0.1) is 0 Å². The molecule has 0 spiro atoms. The van der Waals surface area contributed by atoms with Crippen LogP contribution in [0.15, 0.2) is 24.3 Å². The number of hydrogen-bond donors (Lipinski definition) is 0. The summed E-state index contributed by atoms with van der Waals surface area (Å²) in [4.78, 5) is 0. The predicted molar refractivity (Wildman–Crippen MR) is 114 cm³/mol. The first-order valence-electron chi connectivity index (χ1n) is 11.9. The van der Waals surface area contributed by atoms with Crippen molar-refractivity contribution in [3.63, 3.8) is 0 Å². The maximum Gasteiger partial charge on any atom is 0.194 e. The van der Waals surface area contributed by atoms with E-state index >= 15 is 0 Å². The molecule has 162 valence electrons. The minimum atomic E-state index is -1.35. The fraction of sp³-hybridized carbons (Fsp3) is 0.692. The monoisotopic (exact) mass is 406 g/mol. The highest BCUT2D eigenvalue weighted by atomic mass is 19.2. The lowest BCUT2D eigenvalue weighted by Gasteiger charge is -2.32. The molecule has 2 saturated carbocycles. The van der Waals surface area contributed by atoms with Gasteiger partial charge in [0.15, 0.2) is 17.5 Å². The largest absolute Gasteiger partial charge is 0.204 e. The summed E-state index contributed by atoms with van der Waals surface area (Å²) >= 11 is 0. The Balaban J connectivity index is 1.34. The van der Waals surface area contributed by atoms with Crippen LogP contribution in [-0.4, -0.2) is 0 Å². The predicted octanol–water partition coefficient (Wildman–Crippen LogP) is 8.71. The Kier molecular flexibility index (Phi) is 8.68. The van der Waals surface area contributed by atoms with E-state index in [0.29, 0.717) is 5.56 Å². The van der Waals surface area contributed by atoms with Crippen molar-refractivity contribution in [2.45, 2.75) is 96.3 Å². The normalized spacial score (nSPS) is 28.1. The molecule has 0 unspecified atom stereocenters. The van der Waals surface area contributed by atoms with Crippen LogP contribution in [0.3, 0.4) is 0 Å². The Labute approximate surface area is 175 Å². The minimum absolute atomic E-state index is 0.174. The van der Waals surface area contributed by atoms with Crippen molar-refractivity contribution in [3.8, 4) is 0 Å². The van der Waals surface area contributed by atoms with Crippen molar-refractivity contribution in [2.24, 2.45) is 17.8 Å². The van der Waals surface area contributed by atoms with Crippen molar-refractivity contribution in [3.05, 3.63) is 47.3 Å². The summed E-state index contributed by atoms with van der Waals surface area (Å²) in [7, 11) is 0. The van der Waals surface area contributed by atoms with E-state index in [9.17, 15) is 13.2 Å². The number of allylic oxidation sites excluding steroid dienone is 2. The standard InChI is InChI=1S/C26H37F3/c1-2-3-4-5-6-19-7-9-20(10-8-19)11-12-21-13-15-22(16-14-21)23-17-24(27)26(29)25(28)18-23/h3-4,17-22H,2,5-16H2,1H3. The summed E-state index contributed by atoms with van der Waals surface area (Å²) in [6.45, 7) is 2.19. The van der Waals surface area contributed by atoms with Crippen LogP contribution in [0.4, 0.5) is 13.2 Å². The lowest BCUT2D eigenvalue weighted by Crippen LogP contribution is -2.18. The molecule has 0 heterocycles. The Morgan fingerprint density at radius 1 is 0.724 bits per heavy atom. The summed E-state index contributed by atoms with van der Waals surface area (Å²) in [5.41, 5.74) is 0.631. The first kappa shape index (κ1) is 22.4. The summed E-state index contributed by atoms with van der Waals surface area (Å²) in [6, 6.07) is 2.39. The van der Waals surface area contributed by atoms with Crippen LogP contribution in [0.5, 0.6) is 0 Å². The highest BCUT2D eigenvalue weighted by molar-refractivity contribution is 5.23. The Hall–Kier alpha value is -1.25. The molecule has 2 fully saturated rings. The molecule has 1 aromatic rings. The topological polar surface area (TPSA) is 0 Å². The second-order valence-corrected chi connectivity index (χ2v) is 9.44. The highest BCUT2D eigenvalue weighted by Gasteiger charge is 2.26. The van der Waals surface area contributed by atoms with Gasteiger partial charge in [0.25, 0.3) is 0 Å². The van der Waals surface area contributed by atoms with E-state index in [1.54, 1.807) is 0 Å². The highest BCUT2D eigenvalue weighted by Crippen LogP contribution is 2.40. The molecule has 0 amide bonds. The van der Waals surface area contributed by atoms with Gasteiger partial charge in [-0.1, -0.05) is 57.6 Å². The zero-order valence-electron chi connectivity index (χ0n) is 17.9. The van der Waals surface area contributed by atoms with E-state index in [2.05, 4.69) is 19.1 Å². The fourth-order valence-electron chi connectivity index (χ4n) is 5.49. The third-order valence-corrected chi connectivity index (χ3v) is 7.42. The minimum Gasteiger partial charge on any atom is -0.204 e. The summed E-state index contributed by atoms with van der Waals surface area (Å²) in [6.07, 6.45) is 20.8. The molecule has 1 aromatic carbocycles. The Morgan fingerprint density at radius 3 is 1.72 bits per heavy atom. The summed E-state index contributed by atoms with van der Waals surface area (Å²) in [5.74, 6) is -0.714. The molecule has 0 aromatic heterocycles. The van der Waals surface area contributed by atoms with Crippen LogP contribution < -0.4 is 0 Å². The second kappa shape index (κ2) is 11.2. The first-order chi connectivity index (χ1) is 14.1. The van der Waals surface area contributed by atoms with Crippen molar-refractivity contribution in [2.75, 3.05) is 0 Å². The van der Waals surface area contributed by atoms with Gasteiger partial charge in [-0.05, 0) is 86.3 Å². The third-order valence-electron chi connectivity index (χ3n) is 7.42. The maximum atomic E-state index is 13.5. The van der Waals surface area contributed by atoms with Gasteiger partial charge in [0, 0.05) is 0 Å². The van der Waals surface area contributed by atoms with Gasteiger partial charge in [-0.25, -0.2) is 13.2 Å². The van der Waals surface area contributed by atoms with E-state index in [4.69, 9.17) is 0 Å². The molecule has 2 aliphatic rings. The fourth-order valence-corrected chi connectivity index (χ4v) is 5.49. The molecule has 0 nitrogen and oxygen atoms in total. The first-order valence-corrected chi connectivity index (χ1v) is 11.9. The Bertz CT molecular complexity index is 627. The van der Waals surface area contributed by atoms with Gasteiger partial charge in [0.1, 0.15) is 0 Å². The van der Waals surface area contributed by atoms with Gasteiger partial charge >= 0.3 is 0 Å². The number of benzene rings is 1. The lowest BCUT2D eigenvalue weighted by atomic mass is 9.74. The molecular formula is C26H37F3. The molecule has 29 heavy (non-hydrogen) atoms. The van der Waals surface area contributed by atoms with Crippen molar-refractivity contribution in [1.82, 2.24) is 0 Å². The van der Waals surface area contributed by atoms with Crippen LogP contribution >= 0.6 is 0 Å². The van der Waals surface area contributed by atoms with E-state index < -0.39 is 17.5 Å². The number of rotatable bonds is 8. The number of halogens is 3. The molecule has 0 N–H and O–H groups in total. The summed E-state index contributed by atoms with van der Waals surface area (Å²) < 4.78 is 40.2. The average molecular weight is 407 g/mol. The van der Waals surface area contributed by atoms with Crippen LogP contribution in [0.1, 0.15) is 102 Å². The molecule has 0 saturated heterocycles. The zero-order valence-corrected chi connectivity index (χ0v) is 17.9. The second-order valence-electron chi connectivity index (χ2n) is 9.44. The van der Waals surface area contributed by atoms with E-state index in [1.807, 2.05) is 0 Å². The molecule has 0 aliphatic heterocycles.